The number of amides is 1. The molecule has 0 spiro atoms. The molecule has 0 saturated carbocycles. The van der Waals surface area contributed by atoms with Crippen molar-refractivity contribution in [1.29, 1.82) is 0 Å². The predicted molar refractivity (Wildman–Crippen MR) is 125 cm³/mol. The van der Waals surface area contributed by atoms with Crippen LogP contribution in [0, 0.1) is 13.8 Å². The molecular formula is C23H28N2O7S. The summed E-state index contributed by atoms with van der Waals surface area (Å²) in [7, 11) is 1.98. The number of nitrogens with one attached hydrogen (secondary N) is 1. The van der Waals surface area contributed by atoms with Crippen molar-refractivity contribution in [1.82, 2.24) is 4.31 Å². The predicted octanol–water partition coefficient (Wildman–Crippen LogP) is 2.77. The van der Waals surface area contributed by atoms with Gasteiger partial charge in [-0.05, 0) is 60.9 Å². The molecule has 0 radical (unpaired) electrons. The van der Waals surface area contributed by atoms with Crippen molar-refractivity contribution in [2.75, 3.05) is 40.2 Å². The third kappa shape index (κ3) is 6.56. The number of anilines is 1. The van der Waals surface area contributed by atoms with E-state index in [2.05, 4.69) is 10.1 Å². The van der Waals surface area contributed by atoms with Gasteiger partial charge >= 0.3 is 5.97 Å². The largest absolute Gasteiger partial charge is 0.493 e. The van der Waals surface area contributed by atoms with Crippen LogP contribution in [0.4, 0.5) is 5.69 Å². The maximum absolute atomic E-state index is 12.5. The number of hydrogen-bond donors (Lipinski definition) is 1. The zero-order valence-electron chi connectivity index (χ0n) is 19.5. The zero-order chi connectivity index (χ0) is 24.8. The van der Waals surface area contributed by atoms with Gasteiger partial charge in [0.2, 0.25) is 10.0 Å². The molecule has 0 aliphatic rings. The lowest BCUT2D eigenvalue weighted by molar-refractivity contribution is -0.134. The molecule has 0 heterocycles. The van der Waals surface area contributed by atoms with E-state index in [1.54, 1.807) is 44.2 Å². The van der Waals surface area contributed by atoms with Gasteiger partial charge in [0.25, 0.3) is 5.91 Å². The molecule has 0 atom stereocenters. The van der Waals surface area contributed by atoms with Crippen LogP contribution in [0.1, 0.15) is 16.7 Å². The molecular weight excluding hydrogens is 448 g/mol. The van der Waals surface area contributed by atoms with E-state index in [1.165, 1.54) is 40.5 Å². The number of esters is 1. The Morgan fingerprint density at radius 3 is 2.36 bits per heavy atom. The van der Waals surface area contributed by atoms with Gasteiger partial charge in [0.1, 0.15) is 0 Å². The second-order valence-corrected chi connectivity index (χ2v) is 9.46. The highest BCUT2D eigenvalue weighted by molar-refractivity contribution is 7.89. The Morgan fingerprint density at radius 1 is 1.06 bits per heavy atom. The molecule has 1 amide bonds. The molecule has 2 rings (SSSR count). The van der Waals surface area contributed by atoms with Crippen LogP contribution < -0.4 is 14.8 Å². The van der Waals surface area contributed by atoms with E-state index in [4.69, 9.17) is 9.47 Å². The summed E-state index contributed by atoms with van der Waals surface area (Å²) in [6, 6.07) is 7.95. The molecule has 0 aliphatic heterocycles. The Hall–Kier alpha value is -3.37. The second kappa shape index (κ2) is 11.0. The van der Waals surface area contributed by atoms with E-state index < -0.39 is 21.9 Å². The number of aryl methyl sites for hydroxylation is 1. The normalized spacial score (nSPS) is 11.5. The molecule has 1 N–H and O–H groups in total. The first-order valence-corrected chi connectivity index (χ1v) is 11.3. The van der Waals surface area contributed by atoms with E-state index in [0.29, 0.717) is 22.7 Å². The highest BCUT2D eigenvalue weighted by Crippen LogP contribution is 2.29. The minimum Gasteiger partial charge on any atom is -0.493 e. The Bertz CT molecular complexity index is 1170. The quantitative estimate of drug-likeness (QED) is 0.438. The van der Waals surface area contributed by atoms with Crippen LogP contribution in [0.2, 0.25) is 0 Å². The van der Waals surface area contributed by atoms with E-state index >= 15 is 0 Å². The monoisotopic (exact) mass is 476 g/mol. The molecule has 0 fully saturated rings. The minimum absolute atomic E-state index is 0.0871. The van der Waals surface area contributed by atoms with Gasteiger partial charge in [-0.15, -0.1) is 0 Å². The molecule has 2 aromatic carbocycles. The van der Waals surface area contributed by atoms with Crippen LogP contribution in [0.15, 0.2) is 41.3 Å². The maximum Gasteiger partial charge on any atom is 0.330 e. The standard InChI is InChI=1S/C23H28N2O7S/c1-15-11-18(33(28,29)25(3)4)13-19(16(15)2)24-22(26)14-32-20-9-7-17(12-21(20)30-5)8-10-23(27)31-6/h7-13H,14H2,1-6H3,(H,24,26)/b10-8+. The van der Waals surface area contributed by atoms with E-state index in [-0.39, 0.29) is 11.5 Å². The Kier molecular flexibility index (Phi) is 8.61. The highest BCUT2D eigenvalue weighted by atomic mass is 32.2. The van der Waals surface area contributed by atoms with Crippen molar-refractivity contribution < 1.29 is 32.2 Å². The summed E-state index contributed by atoms with van der Waals surface area (Å²) in [6.45, 7) is 3.25. The van der Waals surface area contributed by atoms with Crippen molar-refractivity contribution in [3.8, 4) is 11.5 Å². The number of methoxy groups -OCH3 is 2. The summed E-state index contributed by atoms with van der Waals surface area (Å²) in [5.41, 5.74) is 2.55. The van der Waals surface area contributed by atoms with E-state index in [9.17, 15) is 18.0 Å². The van der Waals surface area contributed by atoms with Crippen molar-refractivity contribution in [2.24, 2.45) is 0 Å². The molecule has 9 nitrogen and oxygen atoms in total. The fourth-order valence-corrected chi connectivity index (χ4v) is 3.80. The summed E-state index contributed by atoms with van der Waals surface area (Å²) in [5, 5.41) is 2.71. The van der Waals surface area contributed by atoms with Gasteiger partial charge in [-0.2, -0.15) is 0 Å². The van der Waals surface area contributed by atoms with Crippen LogP contribution in [0.5, 0.6) is 11.5 Å². The zero-order valence-corrected chi connectivity index (χ0v) is 20.3. The van der Waals surface area contributed by atoms with Crippen molar-refractivity contribution in [2.45, 2.75) is 18.7 Å². The topological polar surface area (TPSA) is 111 Å². The highest BCUT2D eigenvalue weighted by Gasteiger charge is 2.20. The second-order valence-electron chi connectivity index (χ2n) is 7.30. The molecule has 2 aromatic rings. The molecule has 178 valence electrons. The van der Waals surface area contributed by atoms with Gasteiger partial charge in [0, 0.05) is 25.9 Å². The number of hydrogen-bond acceptors (Lipinski definition) is 7. The minimum atomic E-state index is -3.66. The van der Waals surface area contributed by atoms with Crippen molar-refractivity contribution in [3.63, 3.8) is 0 Å². The van der Waals surface area contributed by atoms with Crippen molar-refractivity contribution >= 4 is 33.7 Å². The number of carbonyl (C=O) groups excluding carboxylic acids is 2. The number of rotatable bonds is 9. The third-order valence-corrected chi connectivity index (χ3v) is 6.65. The number of sulfonamides is 1. The van der Waals surface area contributed by atoms with Gasteiger partial charge in [0.15, 0.2) is 18.1 Å². The first-order chi connectivity index (χ1) is 15.5. The lowest BCUT2D eigenvalue weighted by Gasteiger charge is -2.17. The summed E-state index contributed by atoms with van der Waals surface area (Å²) < 4.78 is 41.5. The summed E-state index contributed by atoms with van der Waals surface area (Å²) >= 11 is 0. The lowest BCUT2D eigenvalue weighted by atomic mass is 10.1. The average Bonchev–Trinajstić information content (AvgIpc) is 2.78. The van der Waals surface area contributed by atoms with Gasteiger partial charge in [-0.3, -0.25) is 4.79 Å². The Balaban J connectivity index is 2.15. The fraction of sp³-hybridized carbons (Fsp3) is 0.304. The molecule has 0 bridgehead atoms. The summed E-state index contributed by atoms with van der Waals surface area (Å²) in [5.74, 6) is -0.242. The Morgan fingerprint density at radius 2 is 1.76 bits per heavy atom. The van der Waals surface area contributed by atoms with Crippen molar-refractivity contribution in [3.05, 3.63) is 53.1 Å². The molecule has 0 saturated heterocycles. The van der Waals surface area contributed by atoms with Gasteiger partial charge < -0.3 is 19.5 Å². The SMILES string of the molecule is COC(=O)/C=C/c1ccc(OCC(=O)Nc2cc(S(=O)(=O)N(C)C)cc(C)c2C)c(OC)c1. The molecule has 0 aromatic heterocycles. The van der Waals surface area contributed by atoms with Gasteiger partial charge in [-0.1, -0.05) is 6.07 Å². The summed E-state index contributed by atoms with van der Waals surface area (Å²) in [6.07, 6.45) is 2.84. The Labute approximate surface area is 194 Å². The van der Waals surface area contributed by atoms with E-state index in [0.717, 1.165) is 15.4 Å². The van der Waals surface area contributed by atoms with E-state index in [1.807, 2.05) is 0 Å². The average molecular weight is 477 g/mol. The smallest absolute Gasteiger partial charge is 0.330 e. The third-order valence-electron chi connectivity index (χ3n) is 4.85. The number of benzene rings is 2. The van der Waals surface area contributed by atoms with Crippen LogP contribution >= 0.6 is 0 Å². The maximum atomic E-state index is 12.5. The molecule has 10 heteroatoms. The molecule has 0 aliphatic carbocycles. The molecule has 0 unspecified atom stereocenters. The summed E-state index contributed by atoms with van der Waals surface area (Å²) in [4.78, 5) is 23.9. The number of carbonyl (C=O) groups is 2. The van der Waals surface area contributed by atoms with Crippen LogP contribution in [0.25, 0.3) is 6.08 Å². The first kappa shape index (κ1) is 25.9. The lowest BCUT2D eigenvalue weighted by Crippen LogP contribution is -2.24. The van der Waals surface area contributed by atoms with Crippen LogP contribution in [-0.2, 0) is 24.3 Å². The van der Waals surface area contributed by atoms with Crippen LogP contribution in [-0.4, -0.2) is 59.5 Å². The number of nitrogens with zero attached hydrogens (tertiary/aromatic N) is 1. The molecule has 33 heavy (non-hydrogen) atoms. The number of ether oxygens (including phenoxy) is 3. The fourth-order valence-electron chi connectivity index (χ4n) is 2.78. The van der Waals surface area contributed by atoms with Crippen LogP contribution in [0.3, 0.4) is 0 Å². The van der Waals surface area contributed by atoms with Gasteiger partial charge in [0.05, 0.1) is 19.1 Å². The first-order valence-electron chi connectivity index (χ1n) is 9.90. The van der Waals surface area contributed by atoms with Gasteiger partial charge in [-0.25, -0.2) is 17.5 Å².